The SMILES string of the molecule is CC(=CC1COCOC1)C(=O)O. The van der Waals surface area contributed by atoms with Gasteiger partial charge in [0, 0.05) is 11.5 Å². The van der Waals surface area contributed by atoms with Crippen LogP contribution < -0.4 is 0 Å². The third-order valence-electron chi connectivity index (χ3n) is 1.65. The van der Waals surface area contributed by atoms with E-state index in [2.05, 4.69) is 0 Å². The summed E-state index contributed by atoms with van der Waals surface area (Å²) in [4.78, 5) is 10.4. The number of hydrogen-bond acceptors (Lipinski definition) is 3. The van der Waals surface area contributed by atoms with Crippen LogP contribution in [0.2, 0.25) is 0 Å². The van der Waals surface area contributed by atoms with Crippen molar-refractivity contribution in [3.8, 4) is 0 Å². The van der Waals surface area contributed by atoms with Gasteiger partial charge in [-0.3, -0.25) is 0 Å². The lowest BCUT2D eigenvalue weighted by atomic mass is 10.1. The highest BCUT2D eigenvalue weighted by atomic mass is 16.7. The van der Waals surface area contributed by atoms with Crippen LogP contribution in [0.4, 0.5) is 0 Å². The highest BCUT2D eigenvalue weighted by molar-refractivity contribution is 5.85. The van der Waals surface area contributed by atoms with Gasteiger partial charge in [-0.05, 0) is 6.92 Å². The number of hydrogen-bond donors (Lipinski definition) is 1. The Morgan fingerprint density at radius 2 is 2.08 bits per heavy atom. The highest BCUT2D eigenvalue weighted by Gasteiger charge is 2.13. The van der Waals surface area contributed by atoms with Gasteiger partial charge in [0.15, 0.2) is 0 Å². The molecule has 1 N–H and O–H groups in total. The quantitative estimate of drug-likeness (QED) is 0.621. The lowest BCUT2D eigenvalue weighted by Crippen LogP contribution is -2.23. The first-order valence-electron chi connectivity index (χ1n) is 3.77. The maximum atomic E-state index is 10.4. The van der Waals surface area contributed by atoms with Gasteiger partial charge >= 0.3 is 5.97 Å². The molecule has 1 rings (SSSR count). The Balaban J connectivity index is 2.47. The largest absolute Gasteiger partial charge is 0.478 e. The van der Waals surface area contributed by atoms with Crippen LogP contribution in [0.15, 0.2) is 11.6 Å². The van der Waals surface area contributed by atoms with Crippen molar-refractivity contribution in [2.75, 3.05) is 20.0 Å². The van der Waals surface area contributed by atoms with Gasteiger partial charge in [-0.25, -0.2) is 4.79 Å². The average molecular weight is 172 g/mol. The van der Waals surface area contributed by atoms with Crippen LogP contribution in [0.5, 0.6) is 0 Å². The molecular formula is C8H12O4. The normalized spacial score (nSPS) is 20.9. The Hall–Kier alpha value is -0.870. The molecule has 0 aromatic rings. The molecule has 1 fully saturated rings. The zero-order valence-electron chi connectivity index (χ0n) is 6.95. The Bertz CT molecular complexity index is 191. The summed E-state index contributed by atoms with van der Waals surface area (Å²) in [5.41, 5.74) is 0.342. The summed E-state index contributed by atoms with van der Waals surface area (Å²) in [6.07, 6.45) is 1.67. The number of carboxylic acids is 1. The van der Waals surface area contributed by atoms with E-state index in [9.17, 15) is 4.79 Å². The zero-order valence-corrected chi connectivity index (χ0v) is 6.95. The minimum Gasteiger partial charge on any atom is -0.478 e. The van der Waals surface area contributed by atoms with E-state index < -0.39 is 5.97 Å². The van der Waals surface area contributed by atoms with Crippen molar-refractivity contribution in [1.29, 1.82) is 0 Å². The summed E-state index contributed by atoms with van der Waals surface area (Å²) >= 11 is 0. The van der Waals surface area contributed by atoms with Crippen LogP contribution in [0.25, 0.3) is 0 Å². The Morgan fingerprint density at radius 3 is 2.58 bits per heavy atom. The molecule has 0 atom stereocenters. The van der Waals surface area contributed by atoms with E-state index in [1.165, 1.54) is 0 Å². The topological polar surface area (TPSA) is 55.8 Å². The summed E-state index contributed by atoms with van der Waals surface area (Å²) in [6.45, 7) is 2.97. The number of rotatable bonds is 2. The van der Waals surface area contributed by atoms with Crippen molar-refractivity contribution in [1.82, 2.24) is 0 Å². The molecule has 0 aromatic heterocycles. The minimum atomic E-state index is -0.888. The van der Waals surface area contributed by atoms with Crippen molar-refractivity contribution in [2.24, 2.45) is 5.92 Å². The number of ether oxygens (including phenoxy) is 2. The summed E-state index contributed by atoms with van der Waals surface area (Å²) in [6, 6.07) is 0. The van der Waals surface area contributed by atoms with Gasteiger partial charge in [-0.1, -0.05) is 6.08 Å². The van der Waals surface area contributed by atoms with E-state index >= 15 is 0 Å². The highest BCUT2D eigenvalue weighted by Crippen LogP contribution is 2.09. The fraction of sp³-hybridized carbons (Fsp3) is 0.625. The van der Waals surface area contributed by atoms with Gasteiger partial charge in [0.25, 0.3) is 0 Å². The first-order valence-corrected chi connectivity index (χ1v) is 3.77. The molecule has 1 heterocycles. The second-order valence-electron chi connectivity index (χ2n) is 2.77. The molecule has 0 spiro atoms. The third-order valence-corrected chi connectivity index (χ3v) is 1.65. The van der Waals surface area contributed by atoms with Gasteiger partial charge in [0.05, 0.1) is 13.2 Å². The van der Waals surface area contributed by atoms with Crippen LogP contribution in [-0.2, 0) is 14.3 Å². The Labute approximate surface area is 70.8 Å². The number of carbonyl (C=O) groups is 1. The summed E-state index contributed by atoms with van der Waals surface area (Å²) < 4.78 is 10.0. The molecule has 4 nitrogen and oxygen atoms in total. The molecule has 0 amide bonds. The third kappa shape index (κ3) is 2.64. The molecule has 1 saturated heterocycles. The fourth-order valence-electron chi connectivity index (χ4n) is 1.03. The lowest BCUT2D eigenvalue weighted by molar-refractivity contribution is -0.132. The number of carboxylic acid groups (broad SMARTS) is 1. The van der Waals surface area contributed by atoms with Crippen LogP contribution in [0.3, 0.4) is 0 Å². The van der Waals surface area contributed by atoms with Gasteiger partial charge in [0.1, 0.15) is 6.79 Å². The van der Waals surface area contributed by atoms with Crippen LogP contribution in [-0.4, -0.2) is 31.1 Å². The molecule has 1 aliphatic rings. The van der Waals surface area contributed by atoms with Crippen LogP contribution in [0.1, 0.15) is 6.92 Å². The molecule has 68 valence electrons. The van der Waals surface area contributed by atoms with E-state index in [1.54, 1.807) is 13.0 Å². The maximum Gasteiger partial charge on any atom is 0.330 e. The molecule has 0 aromatic carbocycles. The second kappa shape index (κ2) is 4.23. The molecule has 0 saturated carbocycles. The van der Waals surface area contributed by atoms with Crippen molar-refractivity contribution < 1.29 is 19.4 Å². The van der Waals surface area contributed by atoms with Crippen molar-refractivity contribution in [3.05, 3.63) is 11.6 Å². The Kier molecular flexibility index (Phi) is 3.25. The number of aliphatic carboxylic acids is 1. The summed E-state index contributed by atoms with van der Waals surface area (Å²) in [7, 11) is 0. The van der Waals surface area contributed by atoms with E-state index in [0.717, 1.165) is 0 Å². The van der Waals surface area contributed by atoms with Gasteiger partial charge in [-0.15, -0.1) is 0 Å². The molecule has 0 bridgehead atoms. The molecule has 1 aliphatic heterocycles. The second-order valence-corrected chi connectivity index (χ2v) is 2.77. The van der Waals surface area contributed by atoms with E-state index in [-0.39, 0.29) is 5.92 Å². The van der Waals surface area contributed by atoms with Crippen molar-refractivity contribution in [2.45, 2.75) is 6.92 Å². The first kappa shape index (κ1) is 9.22. The molecule has 4 heteroatoms. The van der Waals surface area contributed by atoms with Crippen molar-refractivity contribution >= 4 is 5.97 Å². The molecule has 0 radical (unpaired) electrons. The predicted molar refractivity (Wildman–Crippen MR) is 41.7 cm³/mol. The van der Waals surface area contributed by atoms with E-state index in [0.29, 0.717) is 25.6 Å². The summed E-state index contributed by atoms with van der Waals surface area (Å²) in [5, 5.41) is 8.56. The molecule has 12 heavy (non-hydrogen) atoms. The van der Waals surface area contributed by atoms with E-state index in [4.69, 9.17) is 14.6 Å². The van der Waals surface area contributed by atoms with E-state index in [1.807, 2.05) is 0 Å². The lowest BCUT2D eigenvalue weighted by Gasteiger charge is -2.19. The van der Waals surface area contributed by atoms with Gasteiger partial charge < -0.3 is 14.6 Å². The fourth-order valence-corrected chi connectivity index (χ4v) is 1.03. The maximum absolute atomic E-state index is 10.4. The average Bonchev–Trinajstić information content (AvgIpc) is 2.06. The van der Waals surface area contributed by atoms with Gasteiger partial charge in [-0.2, -0.15) is 0 Å². The minimum absolute atomic E-state index is 0.0786. The molecule has 0 aliphatic carbocycles. The predicted octanol–water partition coefficient (Wildman–Crippen LogP) is 0.638. The van der Waals surface area contributed by atoms with Crippen LogP contribution >= 0.6 is 0 Å². The smallest absolute Gasteiger partial charge is 0.330 e. The monoisotopic (exact) mass is 172 g/mol. The van der Waals surface area contributed by atoms with Crippen LogP contribution in [0, 0.1) is 5.92 Å². The summed E-state index contributed by atoms with van der Waals surface area (Å²) in [5.74, 6) is -0.810. The molecule has 0 unspecified atom stereocenters. The standard InChI is InChI=1S/C8H12O4/c1-6(8(9)10)2-7-3-11-5-12-4-7/h2,7H,3-5H2,1H3,(H,9,10). The first-order chi connectivity index (χ1) is 5.70. The van der Waals surface area contributed by atoms with Gasteiger partial charge in [0.2, 0.25) is 0 Å². The molecular weight excluding hydrogens is 160 g/mol. The Morgan fingerprint density at radius 1 is 1.50 bits per heavy atom. The van der Waals surface area contributed by atoms with Crippen molar-refractivity contribution in [3.63, 3.8) is 0 Å². The zero-order chi connectivity index (χ0) is 8.97.